The second-order valence-corrected chi connectivity index (χ2v) is 6.21. The molecule has 2 N–H and O–H groups in total. The van der Waals surface area contributed by atoms with Crippen molar-refractivity contribution in [1.82, 2.24) is 5.32 Å². The van der Waals surface area contributed by atoms with E-state index < -0.39 is 0 Å². The summed E-state index contributed by atoms with van der Waals surface area (Å²) in [6.07, 6.45) is 2.29. The van der Waals surface area contributed by atoms with Crippen molar-refractivity contribution in [3.05, 3.63) is 35.2 Å². The van der Waals surface area contributed by atoms with Gasteiger partial charge in [0.1, 0.15) is 0 Å². The average molecular weight is 320 g/mol. The molecule has 5 nitrogen and oxygen atoms in total. The molecule has 0 aromatic heterocycles. The number of anilines is 1. The Kier molecular flexibility index (Phi) is 6.03. The largest absolute Gasteiger partial charge is 0.379 e. The molecule has 6 heteroatoms. The minimum atomic E-state index is -0.262. The highest BCUT2D eigenvalue weighted by Crippen LogP contribution is 2.37. The summed E-state index contributed by atoms with van der Waals surface area (Å²) in [5.74, 6) is -0.511. The van der Waals surface area contributed by atoms with Crippen molar-refractivity contribution >= 4 is 29.3 Å². The summed E-state index contributed by atoms with van der Waals surface area (Å²) in [4.78, 5) is 25.1. The minimum Gasteiger partial charge on any atom is -0.379 e. The van der Waals surface area contributed by atoms with Gasteiger partial charge in [-0.25, -0.2) is 0 Å². The molecule has 1 aliphatic heterocycles. The lowest BCUT2D eigenvalue weighted by Crippen LogP contribution is -2.25. The predicted molar refractivity (Wildman–Crippen MR) is 87.7 cm³/mol. The molecular formula is C16H20N2O3S. The van der Waals surface area contributed by atoms with Gasteiger partial charge in [0.15, 0.2) is 0 Å². The van der Waals surface area contributed by atoms with Crippen LogP contribution in [0.1, 0.15) is 20.3 Å². The summed E-state index contributed by atoms with van der Waals surface area (Å²) in [5.41, 5.74) is 0.779. The minimum absolute atomic E-state index is 0.195. The first-order chi connectivity index (χ1) is 10.6. The van der Waals surface area contributed by atoms with Crippen molar-refractivity contribution in [2.75, 3.05) is 18.5 Å². The standard InChI is InChI=1S/C16H20N2O3S/c1-11(2)21-9-5-8-17-15(19)10-14-16(20)18-12-6-3-4-7-13(12)22-14/h3-4,6-7,10-11H,5,8-9H2,1-2H3,(H,17,19)(H,18,20)/b14-10-. The molecule has 0 saturated carbocycles. The van der Waals surface area contributed by atoms with E-state index in [1.54, 1.807) is 0 Å². The number of carbonyl (C=O) groups excluding carboxylic acids is 2. The fraction of sp³-hybridized carbons (Fsp3) is 0.375. The van der Waals surface area contributed by atoms with Crippen LogP contribution in [0, 0.1) is 0 Å². The Hall–Kier alpha value is -1.79. The first kappa shape index (κ1) is 16.6. The van der Waals surface area contributed by atoms with Crippen LogP contribution in [0.25, 0.3) is 0 Å². The molecule has 0 fully saturated rings. The molecule has 0 atom stereocenters. The summed E-state index contributed by atoms with van der Waals surface area (Å²) >= 11 is 1.30. The normalized spacial score (nSPS) is 15.6. The van der Waals surface area contributed by atoms with E-state index in [-0.39, 0.29) is 17.9 Å². The zero-order valence-corrected chi connectivity index (χ0v) is 13.5. The van der Waals surface area contributed by atoms with Gasteiger partial charge in [-0.3, -0.25) is 9.59 Å². The number of rotatable bonds is 6. The highest BCUT2D eigenvalue weighted by Gasteiger charge is 2.21. The molecule has 22 heavy (non-hydrogen) atoms. The molecule has 0 unspecified atom stereocenters. The van der Waals surface area contributed by atoms with Gasteiger partial charge >= 0.3 is 0 Å². The first-order valence-corrected chi connectivity index (χ1v) is 8.07. The molecule has 0 spiro atoms. The van der Waals surface area contributed by atoms with Crippen LogP contribution in [0.3, 0.4) is 0 Å². The van der Waals surface area contributed by atoms with Crippen molar-refractivity contribution in [3.8, 4) is 0 Å². The molecule has 0 aliphatic carbocycles. The predicted octanol–water partition coefficient (Wildman–Crippen LogP) is 2.55. The lowest BCUT2D eigenvalue weighted by atomic mass is 10.3. The summed E-state index contributed by atoms with van der Waals surface area (Å²) in [6.45, 7) is 5.08. The topological polar surface area (TPSA) is 67.4 Å². The summed E-state index contributed by atoms with van der Waals surface area (Å²) in [7, 11) is 0. The Balaban J connectivity index is 1.84. The molecule has 2 amide bonds. The number of amides is 2. The van der Waals surface area contributed by atoms with Crippen molar-refractivity contribution in [1.29, 1.82) is 0 Å². The molecule has 1 aliphatic rings. The number of thioether (sulfide) groups is 1. The molecule has 1 aromatic carbocycles. The molecule has 118 valence electrons. The number of benzene rings is 1. The Morgan fingerprint density at radius 3 is 2.95 bits per heavy atom. The third kappa shape index (κ3) is 4.89. The van der Waals surface area contributed by atoms with E-state index >= 15 is 0 Å². The summed E-state index contributed by atoms with van der Waals surface area (Å²) in [5, 5.41) is 5.54. The maximum absolute atomic E-state index is 11.9. The number of carbonyl (C=O) groups is 2. The van der Waals surface area contributed by atoms with Crippen LogP contribution in [0.15, 0.2) is 40.1 Å². The van der Waals surface area contributed by atoms with Crippen molar-refractivity contribution in [2.45, 2.75) is 31.3 Å². The number of nitrogens with one attached hydrogen (secondary N) is 2. The molecule has 0 saturated heterocycles. The smallest absolute Gasteiger partial charge is 0.262 e. The Bertz CT molecular complexity index is 585. The first-order valence-electron chi connectivity index (χ1n) is 7.25. The van der Waals surface area contributed by atoms with E-state index in [0.29, 0.717) is 18.1 Å². The molecule has 1 heterocycles. The molecular weight excluding hydrogens is 300 g/mol. The molecule has 0 bridgehead atoms. The highest BCUT2D eigenvalue weighted by atomic mass is 32.2. The van der Waals surface area contributed by atoms with E-state index in [4.69, 9.17) is 4.74 Å². The monoisotopic (exact) mass is 320 g/mol. The van der Waals surface area contributed by atoms with Gasteiger partial charge in [0.25, 0.3) is 5.91 Å². The van der Waals surface area contributed by atoms with Crippen molar-refractivity contribution in [3.63, 3.8) is 0 Å². The Morgan fingerprint density at radius 1 is 1.41 bits per heavy atom. The fourth-order valence-electron chi connectivity index (χ4n) is 1.88. The van der Waals surface area contributed by atoms with Crippen molar-refractivity contribution in [2.24, 2.45) is 0 Å². The SMILES string of the molecule is CC(C)OCCCNC(=O)/C=C1\Sc2ccccc2NC1=O. The second kappa shape index (κ2) is 8.00. The van der Waals surface area contributed by atoms with Crippen molar-refractivity contribution < 1.29 is 14.3 Å². The number of hydrogen-bond acceptors (Lipinski definition) is 4. The zero-order valence-electron chi connectivity index (χ0n) is 12.7. The van der Waals surface area contributed by atoms with Gasteiger partial charge in [0, 0.05) is 24.1 Å². The number of para-hydroxylation sites is 1. The van der Waals surface area contributed by atoms with Crippen LogP contribution < -0.4 is 10.6 Å². The molecule has 1 aromatic rings. The van der Waals surface area contributed by atoms with Gasteiger partial charge in [-0.15, -0.1) is 0 Å². The van der Waals surface area contributed by atoms with E-state index in [9.17, 15) is 9.59 Å². The molecule has 2 rings (SSSR count). The quantitative estimate of drug-likeness (QED) is 0.624. The maximum Gasteiger partial charge on any atom is 0.262 e. The van der Waals surface area contributed by atoms with E-state index in [2.05, 4.69) is 10.6 Å². The van der Waals surface area contributed by atoms with Crippen LogP contribution in [0.4, 0.5) is 5.69 Å². The fourth-order valence-corrected chi connectivity index (χ4v) is 2.80. The Labute approximate surface area is 134 Å². The highest BCUT2D eigenvalue weighted by molar-refractivity contribution is 8.04. The lowest BCUT2D eigenvalue weighted by Gasteiger charge is -2.18. The van der Waals surface area contributed by atoms with Crippen LogP contribution in [-0.2, 0) is 14.3 Å². The van der Waals surface area contributed by atoms with E-state index in [1.807, 2.05) is 38.1 Å². The number of hydrogen-bond donors (Lipinski definition) is 2. The third-order valence-electron chi connectivity index (χ3n) is 2.91. The van der Waals surface area contributed by atoms with Gasteiger partial charge in [-0.2, -0.15) is 0 Å². The van der Waals surface area contributed by atoms with E-state index in [1.165, 1.54) is 17.8 Å². The summed E-state index contributed by atoms with van der Waals surface area (Å²) < 4.78 is 5.39. The van der Waals surface area contributed by atoms with Gasteiger partial charge in [0.05, 0.1) is 16.7 Å². The third-order valence-corrected chi connectivity index (χ3v) is 4.01. The number of ether oxygens (including phenoxy) is 1. The van der Waals surface area contributed by atoms with Crippen LogP contribution in [0.2, 0.25) is 0 Å². The number of fused-ring (bicyclic) bond motifs is 1. The van der Waals surface area contributed by atoms with E-state index in [0.717, 1.165) is 17.0 Å². The Morgan fingerprint density at radius 2 is 2.18 bits per heavy atom. The molecule has 0 radical (unpaired) electrons. The van der Waals surface area contributed by atoms with Crippen LogP contribution >= 0.6 is 11.8 Å². The zero-order chi connectivity index (χ0) is 15.9. The van der Waals surface area contributed by atoms with Gasteiger partial charge in [-0.1, -0.05) is 23.9 Å². The van der Waals surface area contributed by atoms with Gasteiger partial charge < -0.3 is 15.4 Å². The summed E-state index contributed by atoms with van der Waals surface area (Å²) in [6, 6.07) is 7.51. The average Bonchev–Trinajstić information content (AvgIpc) is 2.47. The maximum atomic E-state index is 11.9. The van der Waals surface area contributed by atoms with Crippen LogP contribution in [-0.4, -0.2) is 31.1 Å². The lowest BCUT2D eigenvalue weighted by molar-refractivity contribution is -0.117. The van der Waals surface area contributed by atoms with Gasteiger partial charge in [0.2, 0.25) is 5.91 Å². The van der Waals surface area contributed by atoms with Crippen LogP contribution in [0.5, 0.6) is 0 Å². The second-order valence-electron chi connectivity index (χ2n) is 5.13. The van der Waals surface area contributed by atoms with Gasteiger partial charge in [-0.05, 0) is 32.4 Å².